The van der Waals surface area contributed by atoms with Gasteiger partial charge >= 0.3 is 0 Å². The summed E-state index contributed by atoms with van der Waals surface area (Å²) in [6.45, 7) is 7.40. The number of rotatable bonds is 0. The molecular formula is C9H15N3. The molecule has 0 atom stereocenters. The van der Waals surface area contributed by atoms with Gasteiger partial charge in [-0.05, 0) is 19.4 Å². The highest BCUT2D eigenvalue weighted by Gasteiger charge is 2.33. The fourth-order valence-electron chi connectivity index (χ4n) is 1.64. The van der Waals surface area contributed by atoms with Gasteiger partial charge in [-0.15, -0.1) is 0 Å². The van der Waals surface area contributed by atoms with E-state index in [2.05, 4.69) is 29.5 Å². The molecule has 0 aromatic rings. The van der Waals surface area contributed by atoms with Crippen LogP contribution in [0.5, 0.6) is 0 Å². The van der Waals surface area contributed by atoms with Gasteiger partial charge in [0, 0.05) is 31.2 Å². The molecule has 0 spiro atoms. The second kappa shape index (κ2) is 2.59. The first-order valence-corrected chi connectivity index (χ1v) is 4.43. The van der Waals surface area contributed by atoms with Crippen molar-refractivity contribution in [2.75, 3.05) is 19.6 Å². The first-order chi connectivity index (χ1) is 5.71. The van der Waals surface area contributed by atoms with Crippen LogP contribution in [0.4, 0.5) is 0 Å². The van der Waals surface area contributed by atoms with Crippen molar-refractivity contribution in [2.24, 2.45) is 10.4 Å². The van der Waals surface area contributed by atoms with Crippen LogP contribution in [0, 0.1) is 5.41 Å². The first-order valence-electron chi connectivity index (χ1n) is 4.43. The van der Waals surface area contributed by atoms with Crippen molar-refractivity contribution in [2.45, 2.75) is 13.8 Å². The minimum atomic E-state index is 0.118. The van der Waals surface area contributed by atoms with Crippen LogP contribution in [-0.2, 0) is 0 Å². The van der Waals surface area contributed by atoms with Crippen LogP contribution in [0.2, 0.25) is 0 Å². The zero-order chi connectivity index (χ0) is 8.60. The number of hydrogen-bond donors (Lipinski definition) is 2. The van der Waals surface area contributed by atoms with E-state index in [-0.39, 0.29) is 5.41 Å². The van der Waals surface area contributed by atoms with Gasteiger partial charge in [0.1, 0.15) is 5.84 Å². The molecule has 0 radical (unpaired) electrons. The van der Waals surface area contributed by atoms with Crippen molar-refractivity contribution >= 4 is 5.84 Å². The van der Waals surface area contributed by atoms with Crippen LogP contribution >= 0.6 is 0 Å². The third kappa shape index (κ3) is 1.05. The third-order valence-electron chi connectivity index (χ3n) is 2.65. The Hall–Kier alpha value is -0.830. The summed E-state index contributed by atoms with van der Waals surface area (Å²) < 4.78 is 0. The Kier molecular flexibility index (Phi) is 1.68. The Bertz CT molecular complexity index is 226. The van der Waals surface area contributed by atoms with E-state index in [1.165, 1.54) is 5.57 Å². The Morgan fingerprint density at radius 3 is 3.08 bits per heavy atom. The summed E-state index contributed by atoms with van der Waals surface area (Å²) in [5, 5.41) is 6.71. The van der Waals surface area contributed by atoms with Crippen molar-refractivity contribution < 1.29 is 0 Å². The second-order valence-corrected chi connectivity index (χ2v) is 3.86. The summed E-state index contributed by atoms with van der Waals surface area (Å²) in [5.74, 6) is 1.12. The van der Waals surface area contributed by atoms with Gasteiger partial charge in [-0.1, -0.05) is 0 Å². The highest BCUT2D eigenvalue weighted by atomic mass is 15.1. The van der Waals surface area contributed by atoms with Gasteiger partial charge in [0.2, 0.25) is 0 Å². The Labute approximate surface area is 73.0 Å². The number of hydrogen-bond acceptors (Lipinski definition) is 3. The van der Waals surface area contributed by atoms with Crippen LogP contribution in [0.25, 0.3) is 0 Å². The normalized spacial score (nSPS) is 26.5. The minimum absolute atomic E-state index is 0.118. The highest BCUT2D eigenvalue weighted by Crippen LogP contribution is 2.31. The van der Waals surface area contributed by atoms with Gasteiger partial charge in [-0.25, -0.2) is 4.99 Å². The summed E-state index contributed by atoms with van der Waals surface area (Å²) >= 11 is 0. The maximum absolute atomic E-state index is 4.37. The molecule has 0 aromatic heterocycles. The minimum Gasteiger partial charge on any atom is -0.372 e. The maximum atomic E-state index is 4.37. The summed E-state index contributed by atoms with van der Waals surface area (Å²) in [5.41, 5.74) is 1.50. The zero-order valence-electron chi connectivity index (χ0n) is 7.65. The molecular weight excluding hydrogens is 150 g/mol. The summed E-state index contributed by atoms with van der Waals surface area (Å²) in [4.78, 5) is 4.37. The Balaban J connectivity index is 2.26. The van der Waals surface area contributed by atoms with Gasteiger partial charge < -0.3 is 10.6 Å². The van der Waals surface area contributed by atoms with Crippen LogP contribution in [0.15, 0.2) is 16.8 Å². The third-order valence-corrected chi connectivity index (χ3v) is 2.65. The molecule has 3 heteroatoms. The molecule has 2 rings (SSSR count). The molecule has 0 unspecified atom stereocenters. The molecule has 0 aromatic carbocycles. The predicted molar refractivity (Wildman–Crippen MR) is 50.2 cm³/mol. The number of nitrogens with zero attached hydrogens (tertiary/aromatic N) is 1. The standard InChI is InChI=1S/C9H15N3/c1-9(2)7-5-10-3-4-11-8(9)12-6-7/h6,10H,3-5H2,1-2H3,(H,11,12). The van der Waals surface area contributed by atoms with Crippen LogP contribution in [-0.4, -0.2) is 25.5 Å². The lowest BCUT2D eigenvalue weighted by molar-refractivity contribution is 0.543. The molecule has 2 aliphatic rings. The van der Waals surface area contributed by atoms with E-state index in [4.69, 9.17) is 0 Å². The van der Waals surface area contributed by atoms with E-state index in [0.29, 0.717) is 0 Å². The monoisotopic (exact) mass is 165 g/mol. The lowest BCUT2D eigenvalue weighted by Crippen LogP contribution is -2.44. The fourth-order valence-corrected chi connectivity index (χ4v) is 1.64. The van der Waals surface area contributed by atoms with Crippen molar-refractivity contribution in [3.63, 3.8) is 0 Å². The number of aliphatic imine (C=N–C) groups is 1. The van der Waals surface area contributed by atoms with E-state index >= 15 is 0 Å². The number of amidine groups is 1. The van der Waals surface area contributed by atoms with Crippen molar-refractivity contribution in [3.8, 4) is 0 Å². The van der Waals surface area contributed by atoms with Crippen LogP contribution < -0.4 is 10.6 Å². The molecule has 66 valence electrons. The second-order valence-electron chi connectivity index (χ2n) is 3.86. The van der Waals surface area contributed by atoms with Gasteiger partial charge in [0.25, 0.3) is 0 Å². The smallest absolute Gasteiger partial charge is 0.111 e. The topological polar surface area (TPSA) is 36.4 Å². The fraction of sp³-hybridized carbons (Fsp3) is 0.667. The van der Waals surface area contributed by atoms with E-state index in [0.717, 1.165) is 25.5 Å². The molecule has 1 saturated heterocycles. The van der Waals surface area contributed by atoms with E-state index in [1.807, 2.05) is 6.20 Å². The molecule has 2 N–H and O–H groups in total. The molecule has 2 bridgehead atoms. The lowest BCUT2D eigenvalue weighted by Gasteiger charge is -2.28. The summed E-state index contributed by atoms with van der Waals surface area (Å²) in [6.07, 6.45) is 1.99. The SMILES string of the molecule is CC1(C)C2=CN=C1NCCNC2. The molecule has 2 heterocycles. The maximum Gasteiger partial charge on any atom is 0.111 e. The van der Waals surface area contributed by atoms with Crippen LogP contribution in [0.3, 0.4) is 0 Å². The van der Waals surface area contributed by atoms with Crippen molar-refractivity contribution in [1.82, 2.24) is 10.6 Å². The van der Waals surface area contributed by atoms with Gasteiger partial charge in [0.05, 0.1) is 0 Å². The van der Waals surface area contributed by atoms with Crippen molar-refractivity contribution in [3.05, 3.63) is 11.8 Å². The van der Waals surface area contributed by atoms with Crippen molar-refractivity contribution in [1.29, 1.82) is 0 Å². The number of nitrogens with one attached hydrogen (secondary N) is 2. The first kappa shape index (κ1) is 7.80. The molecule has 0 amide bonds. The molecule has 1 fully saturated rings. The molecule has 3 nitrogen and oxygen atoms in total. The average Bonchev–Trinajstić information content (AvgIpc) is 2.35. The highest BCUT2D eigenvalue weighted by molar-refractivity contribution is 5.93. The molecule has 12 heavy (non-hydrogen) atoms. The predicted octanol–water partition coefficient (Wildman–Crippen LogP) is 0.501. The van der Waals surface area contributed by atoms with E-state index in [9.17, 15) is 0 Å². The summed E-state index contributed by atoms with van der Waals surface area (Å²) in [6, 6.07) is 0. The molecule has 0 saturated carbocycles. The quantitative estimate of drug-likeness (QED) is 0.548. The summed E-state index contributed by atoms with van der Waals surface area (Å²) in [7, 11) is 0. The van der Waals surface area contributed by atoms with Crippen LogP contribution in [0.1, 0.15) is 13.8 Å². The Morgan fingerprint density at radius 2 is 2.25 bits per heavy atom. The Morgan fingerprint density at radius 1 is 1.42 bits per heavy atom. The molecule has 0 aliphatic carbocycles. The van der Waals surface area contributed by atoms with Gasteiger partial charge in [-0.3, -0.25) is 0 Å². The van der Waals surface area contributed by atoms with E-state index in [1.54, 1.807) is 0 Å². The van der Waals surface area contributed by atoms with E-state index < -0.39 is 0 Å². The lowest BCUT2D eigenvalue weighted by atomic mass is 9.84. The molecule has 2 aliphatic heterocycles. The van der Waals surface area contributed by atoms with Gasteiger partial charge in [-0.2, -0.15) is 0 Å². The average molecular weight is 165 g/mol. The zero-order valence-corrected chi connectivity index (χ0v) is 7.65. The largest absolute Gasteiger partial charge is 0.372 e. The number of fused-ring (bicyclic) bond motifs is 2. The van der Waals surface area contributed by atoms with Gasteiger partial charge in [0.15, 0.2) is 0 Å².